The largest absolute Gasteiger partial charge is 0.468 e. The highest BCUT2D eigenvalue weighted by Gasteiger charge is 2.44. The van der Waals surface area contributed by atoms with E-state index in [2.05, 4.69) is 19.5 Å². The van der Waals surface area contributed by atoms with Gasteiger partial charge in [0.2, 0.25) is 0 Å². The molecule has 0 amide bonds. The minimum absolute atomic E-state index is 0.167. The van der Waals surface area contributed by atoms with Crippen LogP contribution in [0.4, 0.5) is 5.82 Å². The predicted molar refractivity (Wildman–Crippen MR) is 69.9 cm³/mol. The van der Waals surface area contributed by atoms with Crippen LogP contribution in [0.2, 0.25) is 0 Å². The zero-order chi connectivity index (χ0) is 15.9. The number of aliphatic hydroxyl groups is 2. The van der Waals surface area contributed by atoms with Crippen molar-refractivity contribution in [2.24, 2.45) is 0 Å². The highest BCUT2D eigenvalue weighted by Crippen LogP contribution is 2.32. The quantitative estimate of drug-likeness (QED) is 0.601. The third-order valence-corrected chi connectivity index (χ3v) is 3.70. The molecule has 11 nitrogen and oxygen atoms in total. The summed E-state index contributed by atoms with van der Waals surface area (Å²) in [6, 6.07) is 0. The molecular weight excluding hydrogens is 317 g/mol. The van der Waals surface area contributed by atoms with E-state index in [1.165, 1.54) is 17.2 Å². The number of nitrogen functional groups attached to an aromatic ring is 1. The molecular formula is C10H12N5O6P. The molecule has 0 radical (unpaired) electrons. The molecule has 3 heterocycles. The van der Waals surface area contributed by atoms with E-state index < -0.39 is 39.1 Å². The normalized spacial score (nSPS) is 28.3. The molecule has 1 fully saturated rings. The van der Waals surface area contributed by atoms with Crippen molar-refractivity contribution in [1.29, 1.82) is 0 Å². The number of hydrogen-bond acceptors (Lipinski definition) is 10. The average molecular weight is 329 g/mol. The molecule has 0 bridgehead atoms. The second-order valence-corrected chi connectivity index (χ2v) is 5.35. The monoisotopic (exact) mass is 329 g/mol. The number of ether oxygens (including phenoxy) is 1. The van der Waals surface area contributed by atoms with Crippen molar-refractivity contribution in [2.75, 3.05) is 12.3 Å². The van der Waals surface area contributed by atoms with Gasteiger partial charge in [-0.1, -0.05) is 0 Å². The number of aromatic nitrogens is 4. The van der Waals surface area contributed by atoms with Gasteiger partial charge in [0, 0.05) is 0 Å². The SMILES string of the molecule is Nc1ncnc2c1ncn2[C@@H]1O[C@H](COP(=O)=O)[C@@H](O)[C@H]1O. The topological polar surface area (TPSA) is 163 Å². The van der Waals surface area contributed by atoms with E-state index in [9.17, 15) is 19.3 Å². The summed E-state index contributed by atoms with van der Waals surface area (Å²) in [6.07, 6.45) is -2.08. The number of anilines is 1. The summed E-state index contributed by atoms with van der Waals surface area (Å²) in [6.45, 7) is -0.406. The highest BCUT2D eigenvalue weighted by atomic mass is 31.1. The van der Waals surface area contributed by atoms with Crippen LogP contribution in [0.3, 0.4) is 0 Å². The summed E-state index contributed by atoms with van der Waals surface area (Å²) < 4.78 is 32.1. The van der Waals surface area contributed by atoms with E-state index in [0.29, 0.717) is 11.2 Å². The Hall–Kier alpha value is -1.91. The van der Waals surface area contributed by atoms with Crippen molar-refractivity contribution in [3.05, 3.63) is 12.7 Å². The van der Waals surface area contributed by atoms with Crippen LogP contribution in [0.15, 0.2) is 12.7 Å². The lowest BCUT2D eigenvalue weighted by Crippen LogP contribution is -2.33. The van der Waals surface area contributed by atoms with Crippen molar-refractivity contribution in [3.8, 4) is 0 Å². The molecule has 0 aromatic carbocycles. The predicted octanol–water partition coefficient (Wildman–Crippen LogP) is -0.868. The van der Waals surface area contributed by atoms with Crippen molar-refractivity contribution in [1.82, 2.24) is 19.5 Å². The summed E-state index contributed by atoms with van der Waals surface area (Å²) in [5, 5.41) is 20.0. The van der Waals surface area contributed by atoms with E-state index in [0.717, 1.165) is 0 Å². The summed E-state index contributed by atoms with van der Waals surface area (Å²) in [4.78, 5) is 11.8. The molecule has 2 aromatic rings. The number of hydrogen-bond donors (Lipinski definition) is 3. The molecule has 1 aliphatic rings. The molecule has 118 valence electrons. The minimum atomic E-state index is -3.07. The fourth-order valence-corrected chi connectivity index (χ4v) is 2.56. The highest BCUT2D eigenvalue weighted by molar-refractivity contribution is 7.24. The molecule has 3 rings (SSSR count). The van der Waals surface area contributed by atoms with Crippen LogP contribution in [-0.4, -0.2) is 54.7 Å². The molecule has 0 unspecified atom stereocenters. The Bertz CT molecular complexity index is 755. The smallest absolute Gasteiger partial charge is 0.387 e. The lowest BCUT2D eigenvalue weighted by molar-refractivity contribution is -0.0469. The van der Waals surface area contributed by atoms with Crippen molar-refractivity contribution in [2.45, 2.75) is 24.5 Å². The third-order valence-electron chi connectivity index (χ3n) is 3.34. The first-order valence-corrected chi connectivity index (χ1v) is 7.30. The van der Waals surface area contributed by atoms with Crippen LogP contribution in [0, 0.1) is 0 Å². The fraction of sp³-hybridized carbons (Fsp3) is 0.500. The second kappa shape index (κ2) is 5.71. The van der Waals surface area contributed by atoms with Gasteiger partial charge in [-0.15, -0.1) is 0 Å². The Morgan fingerprint density at radius 1 is 1.32 bits per heavy atom. The van der Waals surface area contributed by atoms with Crippen molar-refractivity contribution in [3.63, 3.8) is 0 Å². The average Bonchev–Trinajstić information content (AvgIpc) is 3.01. The maximum absolute atomic E-state index is 10.4. The first-order chi connectivity index (χ1) is 10.5. The molecule has 1 saturated heterocycles. The van der Waals surface area contributed by atoms with Crippen LogP contribution >= 0.6 is 7.91 Å². The molecule has 2 aromatic heterocycles. The van der Waals surface area contributed by atoms with Crippen LogP contribution in [0.25, 0.3) is 11.2 Å². The van der Waals surface area contributed by atoms with Gasteiger partial charge in [-0.3, -0.25) is 9.09 Å². The van der Waals surface area contributed by atoms with Gasteiger partial charge in [0.15, 0.2) is 17.7 Å². The lowest BCUT2D eigenvalue weighted by Gasteiger charge is -2.16. The minimum Gasteiger partial charge on any atom is -0.387 e. The Morgan fingerprint density at radius 3 is 2.82 bits per heavy atom. The molecule has 0 spiro atoms. The van der Waals surface area contributed by atoms with E-state index in [4.69, 9.17) is 10.5 Å². The van der Waals surface area contributed by atoms with Crippen LogP contribution < -0.4 is 5.73 Å². The number of imidazole rings is 1. The molecule has 22 heavy (non-hydrogen) atoms. The van der Waals surface area contributed by atoms with E-state index in [-0.39, 0.29) is 5.82 Å². The Labute approximate surface area is 123 Å². The first-order valence-electron chi connectivity index (χ1n) is 6.21. The van der Waals surface area contributed by atoms with Gasteiger partial charge in [0.25, 0.3) is 0 Å². The molecule has 4 N–H and O–H groups in total. The molecule has 0 saturated carbocycles. The molecule has 4 atom stereocenters. The number of nitrogens with zero attached hydrogens (tertiary/aromatic N) is 4. The van der Waals surface area contributed by atoms with E-state index >= 15 is 0 Å². The van der Waals surface area contributed by atoms with Gasteiger partial charge < -0.3 is 20.7 Å². The van der Waals surface area contributed by atoms with Crippen molar-refractivity contribution >= 4 is 24.9 Å². The van der Waals surface area contributed by atoms with Crippen LogP contribution in [-0.2, 0) is 18.4 Å². The summed E-state index contributed by atoms with van der Waals surface area (Å²) in [5.41, 5.74) is 6.32. The maximum Gasteiger partial charge on any atom is 0.468 e. The number of fused-ring (bicyclic) bond motifs is 1. The van der Waals surface area contributed by atoms with Gasteiger partial charge in [0.05, 0.1) is 12.9 Å². The lowest BCUT2D eigenvalue weighted by atomic mass is 10.1. The van der Waals surface area contributed by atoms with Gasteiger partial charge in [0.1, 0.15) is 30.2 Å². The fourth-order valence-electron chi connectivity index (χ4n) is 2.29. The van der Waals surface area contributed by atoms with Crippen LogP contribution in [0.1, 0.15) is 6.23 Å². The van der Waals surface area contributed by atoms with Crippen LogP contribution in [0.5, 0.6) is 0 Å². The first kappa shape index (κ1) is 15.0. The summed E-state index contributed by atoms with van der Waals surface area (Å²) in [7, 11) is -3.07. The standard InChI is InChI=1S/C10H12N5O6P/c11-8-5-9(13-2-12-8)15(3-14-5)10-7(17)6(16)4(21-10)1-20-22(18)19/h2-4,6-7,10,16-17H,1H2,(H2,11,12,13)/t4-,6-,7-,10-/m1/s1. The Morgan fingerprint density at radius 2 is 2.09 bits per heavy atom. The van der Waals surface area contributed by atoms with Gasteiger partial charge in [-0.2, -0.15) is 0 Å². The molecule has 0 aliphatic carbocycles. The third kappa shape index (κ3) is 2.49. The second-order valence-electron chi connectivity index (χ2n) is 4.65. The summed E-state index contributed by atoms with van der Waals surface area (Å²) in [5.74, 6) is 0.167. The number of rotatable bonds is 4. The number of nitrogens with two attached hydrogens (primary N) is 1. The zero-order valence-electron chi connectivity index (χ0n) is 11.0. The maximum atomic E-state index is 10.4. The number of aliphatic hydroxyl groups excluding tert-OH is 2. The van der Waals surface area contributed by atoms with Crippen molar-refractivity contribution < 1.29 is 28.6 Å². The van der Waals surface area contributed by atoms with Gasteiger partial charge >= 0.3 is 7.91 Å². The summed E-state index contributed by atoms with van der Waals surface area (Å²) >= 11 is 0. The Balaban J connectivity index is 1.89. The molecule has 1 aliphatic heterocycles. The molecule has 12 heteroatoms. The van der Waals surface area contributed by atoms with Gasteiger partial charge in [-0.05, 0) is 0 Å². The zero-order valence-corrected chi connectivity index (χ0v) is 11.9. The Kier molecular flexibility index (Phi) is 3.89. The van der Waals surface area contributed by atoms with E-state index in [1.54, 1.807) is 0 Å². The van der Waals surface area contributed by atoms with E-state index in [1.807, 2.05) is 0 Å². The van der Waals surface area contributed by atoms with Gasteiger partial charge in [-0.25, -0.2) is 24.1 Å².